The number of nitrogens with one attached hydrogen (secondary N) is 1. The van der Waals surface area contributed by atoms with E-state index in [1.807, 2.05) is 36.4 Å². The number of hydrogen-bond acceptors (Lipinski definition) is 2. The molecule has 1 N–H and O–H groups in total. The molecule has 2 rings (SSSR count). The predicted molar refractivity (Wildman–Crippen MR) is 89.1 cm³/mol. The average Bonchev–Trinajstić information content (AvgIpc) is 2.51. The number of halogens is 2. The zero-order chi connectivity index (χ0) is 15.2. The molecule has 4 heteroatoms. The average molecular weight is 324 g/mol. The van der Waals surface area contributed by atoms with Gasteiger partial charge >= 0.3 is 0 Å². The Kier molecular flexibility index (Phi) is 6.07. The molecule has 0 aliphatic rings. The summed E-state index contributed by atoms with van der Waals surface area (Å²) in [6.45, 7) is 2.90. The molecule has 21 heavy (non-hydrogen) atoms. The number of rotatable bonds is 6. The van der Waals surface area contributed by atoms with Crippen LogP contribution in [0.3, 0.4) is 0 Å². The molecule has 2 aromatic rings. The molecule has 2 atom stereocenters. The van der Waals surface area contributed by atoms with Crippen molar-refractivity contribution in [2.75, 3.05) is 13.7 Å². The fourth-order valence-corrected chi connectivity index (χ4v) is 2.74. The maximum Gasteiger partial charge on any atom is 0.102 e. The minimum absolute atomic E-state index is 0.0113. The van der Waals surface area contributed by atoms with Crippen molar-refractivity contribution in [1.29, 1.82) is 0 Å². The SMILES string of the molecule is CCNC(c1ccc(Cl)c(Cl)c1)C(OC)c1ccccc1. The molecule has 0 aromatic heterocycles. The lowest BCUT2D eigenvalue weighted by Gasteiger charge is -2.28. The quantitative estimate of drug-likeness (QED) is 0.804. The summed E-state index contributed by atoms with van der Waals surface area (Å²) < 4.78 is 5.74. The van der Waals surface area contributed by atoms with Crippen LogP contribution in [0.5, 0.6) is 0 Å². The molecule has 2 aromatic carbocycles. The largest absolute Gasteiger partial charge is 0.375 e. The summed E-state index contributed by atoms with van der Waals surface area (Å²) in [5.74, 6) is 0. The van der Waals surface area contributed by atoms with E-state index in [0.29, 0.717) is 10.0 Å². The van der Waals surface area contributed by atoms with Crippen LogP contribution < -0.4 is 5.32 Å². The van der Waals surface area contributed by atoms with Crippen molar-refractivity contribution in [3.8, 4) is 0 Å². The Bertz CT molecular complexity index is 574. The molecule has 0 aliphatic carbocycles. The van der Waals surface area contributed by atoms with Crippen LogP contribution in [0.25, 0.3) is 0 Å². The molecule has 0 spiro atoms. The lowest BCUT2D eigenvalue weighted by molar-refractivity contribution is 0.0681. The lowest BCUT2D eigenvalue weighted by atomic mass is 9.95. The maximum atomic E-state index is 6.15. The monoisotopic (exact) mass is 323 g/mol. The fraction of sp³-hybridized carbons (Fsp3) is 0.294. The summed E-state index contributed by atoms with van der Waals surface area (Å²) in [4.78, 5) is 0. The molecule has 112 valence electrons. The van der Waals surface area contributed by atoms with Gasteiger partial charge in [-0.1, -0.05) is 66.5 Å². The van der Waals surface area contributed by atoms with Crippen LogP contribution in [0.2, 0.25) is 10.0 Å². The van der Waals surface area contributed by atoms with Crippen molar-refractivity contribution in [2.45, 2.75) is 19.1 Å². The third-order valence-electron chi connectivity index (χ3n) is 3.41. The van der Waals surface area contributed by atoms with Crippen molar-refractivity contribution >= 4 is 23.2 Å². The van der Waals surface area contributed by atoms with Crippen molar-refractivity contribution in [1.82, 2.24) is 5.32 Å². The van der Waals surface area contributed by atoms with E-state index in [1.165, 1.54) is 0 Å². The van der Waals surface area contributed by atoms with Crippen LogP contribution in [0.4, 0.5) is 0 Å². The molecule has 0 fully saturated rings. The van der Waals surface area contributed by atoms with Gasteiger partial charge in [0.1, 0.15) is 6.10 Å². The van der Waals surface area contributed by atoms with Gasteiger partial charge in [-0.3, -0.25) is 0 Å². The smallest absolute Gasteiger partial charge is 0.102 e. The molecule has 0 heterocycles. The number of methoxy groups -OCH3 is 1. The topological polar surface area (TPSA) is 21.3 Å². The second-order valence-electron chi connectivity index (χ2n) is 4.78. The Morgan fingerprint density at radius 3 is 2.29 bits per heavy atom. The van der Waals surface area contributed by atoms with E-state index in [1.54, 1.807) is 7.11 Å². The normalized spacial score (nSPS) is 13.9. The van der Waals surface area contributed by atoms with E-state index < -0.39 is 0 Å². The molecule has 0 bridgehead atoms. The molecule has 0 amide bonds. The van der Waals surface area contributed by atoms with Crippen molar-refractivity contribution < 1.29 is 4.74 Å². The van der Waals surface area contributed by atoms with Gasteiger partial charge in [-0.05, 0) is 29.8 Å². The van der Waals surface area contributed by atoms with Crippen LogP contribution in [0.15, 0.2) is 48.5 Å². The minimum atomic E-state index is -0.0941. The van der Waals surface area contributed by atoms with Gasteiger partial charge in [0.05, 0.1) is 16.1 Å². The highest BCUT2D eigenvalue weighted by atomic mass is 35.5. The van der Waals surface area contributed by atoms with Crippen molar-refractivity contribution in [2.24, 2.45) is 0 Å². The first kappa shape index (κ1) is 16.3. The second kappa shape index (κ2) is 7.81. The molecule has 2 unspecified atom stereocenters. The van der Waals surface area contributed by atoms with Gasteiger partial charge < -0.3 is 10.1 Å². The second-order valence-corrected chi connectivity index (χ2v) is 5.59. The van der Waals surface area contributed by atoms with E-state index in [2.05, 4.69) is 24.4 Å². The molecule has 0 aliphatic heterocycles. The van der Waals surface area contributed by atoms with Gasteiger partial charge in [-0.2, -0.15) is 0 Å². The molecular formula is C17H19Cl2NO. The van der Waals surface area contributed by atoms with E-state index in [4.69, 9.17) is 27.9 Å². The summed E-state index contributed by atoms with van der Waals surface area (Å²) in [5.41, 5.74) is 2.18. The molecular weight excluding hydrogens is 305 g/mol. The summed E-state index contributed by atoms with van der Waals surface area (Å²) in [7, 11) is 1.72. The summed E-state index contributed by atoms with van der Waals surface area (Å²) >= 11 is 12.2. The predicted octanol–water partition coefficient (Wildman–Crippen LogP) is 5.03. The molecule has 2 nitrogen and oxygen atoms in total. The van der Waals surface area contributed by atoms with Crippen LogP contribution in [0, 0.1) is 0 Å². The Labute approximate surface area is 136 Å². The zero-order valence-corrected chi connectivity index (χ0v) is 13.7. The summed E-state index contributed by atoms with van der Waals surface area (Å²) in [5, 5.41) is 4.58. The highest BCUT2D eigenvalue weighted by Crippen LogP contribution is 2.34. The number of likely N-dealkylation sites (N-methyl/N-ethyl adjacent to an activating group) is 1. The Morgan fingerprint density at radius 1 is 1.00 bits per heavy atom. The summed E-state index contributed by atoms with van der Waals surface area (Å²) in [6.07, 6.45) is -0.0941. The highest BCUT2D eigenvalue weighted by Gasteiger charge is 2.24. The Morgan fingerprint density at radius 2 is 1.71 bits per heavy atom. The first-order chi connectivity index (χ1) is 10.2. The first-order valence-corrected chi connectivity index (χ1v) is 7.69. The van der Waals surface area contributed by atoms with Crippen LogP contribution in [-0.4, -0.2) is 13.7 Å². The van der Waals surface area contributed by atoms with Crippen LogP contribution in [-0.2, 0) is 4.74 Å². The van der Waals surface area contributed by atoms with Crippen LogP contribution in [0.1, 0.15) is 30.2 Å². The van der Waals surface area contributed by atoms with Crippen molar-refractivity contribution in [3.05, 3.63) is 69.7 Å². The van der Waals surface area contributed by atoms with E-state index >= 15 is 0 Å². The molecule has 0 saturated carbocycles. The van der Waals surface area contributed by atoms with Gasteiger partial charge in [-0.25, -0.2) is 0 Å². The standard InChI is InChI=1S/C17H19Cl2NO/c1-3-20-16(13-9-10-14(18)15(19)11-13)17(21-2)12-7-5-4-6-8-12/h4-11,16-17,20H,3H2,1-2H3. The van der Waals surface area contributed by atoms with Crippen LogP contribution >= 0.6 is 23.2 Å². The van der Waals surface area contributed by atoms with Gasteiger partial charge in [0.15, 0.2) is 0 Å². The fourth-order valence-electron chi connectivity index (χ4n) is 2.43. The number of benzene rings is 2. The van der Waals surface area contributed by atoms with E-state index in [0.717, 1.165) is 17.7 Å². The van der Waals surface area contributed by atoms with E-state index in [9.17, 15) is 0 Å². The van der Waals surface area contributed by atoms with Gasteiger partial charge in [0.25, 0.3) is 0 Å². The zero-order valence-electron chi connectivity index (χ0n) is 12.1. The van der Waals surface area contributed by atoms with Gasteiger partial charge in [0, 0.05) is 7.11 Å². The minimum Gasteiger partial charge on any atom is -0.375 e. The van der Waals surface area contributed by atoms with E-state index in [-0.39, 0.29) is 12.1 Å². The molecule has 0 radical (unpaired) electrons. The first-order valence-electron chi connectivity index (χ1n) is 6.93. The van der Waals surface area contributed by atoms with Gasteiger partial charge in [0.2, 0.25) is 0 Å². The summed E-state index contributed by atoms with van der Waals surface area (Å²) in [6, 6.07) is 15.9. The lowest BCUT2D eigenvalue weighted by Crippen LogP contribution is -2.28. The van der Waals surface area contributed by atoms with Gasteiger partial charge in [-0.15, -0.1) is 0 Å². The third-order valence-corrected chi connectivity index (χ3v) is 4.15. The molecule has 0 saturated heterocycles. The number of ether oxygens (including phenoxy) is 1. The van der Waals surface area contributed by atoms with Crippen molar-refractivity contribution in [3.63, 3.8) is 0 Å². The third kappa shape index (κ3) is 3.98. The Balaban J connectivity index is 2.38. The highest BCUT2D eigenvalue weighted by molar-refractivity contribution is 6.42. The maximum absolute atomic E-state index is 6.15. The number of hydrogen-bond donors (Lipinski definition) is 1. The Hall–Kier alpha value is -1.06.